The summed E-state index contributed by atoms with van der Waals surface area (Å²) in [6, 6.07) is 3.40. The van der Waals surface area contributed by atoms with Gasteiger partial charge in [-0.2, -0.15) is 0 Å². The summed E-state index contributed by atoms with van der Waals surface area (Å²) in [4.78, 5) is 23.7. The van der Waals surface area contributed by atoms with Gasteiger partial charge >= 0.3 is 5.69 Å². The Balaban J connectivity index is 2.63. The number of hydrogen-bond donors (Lipinski definition) is 0. The minimum absolute atomic E-state index is 0.302. The van der Waals surface area contributed by atoms with Crippen LogP contribution >= 0.6 is 22.6 Å². The van der Waals surface area contributed by atoms with Crippen LogP contribution in [-0.4, -0.2) is 9.13 Å². The lowest BCUT2D eigenvalue weighted by molar-refractivity contribution is 0.529. The maximum Gasteiger partial charge on any atom is 0.331 e. The van der Waals surface area contributed by atoms with Crippen molar-refractivity contribution in [3.8, 4) is 0 Å². The van der Waals surface area contributed by atoms with Gasteiger partial charge in [0, 0.05) is 18.8 Å². The van der Waals surface area contributed by atoms with E-state index in [1.165, 1.54) is 23.9 Å². The maximum atomic E-state index is 13.5. The molecule has 0 aliphatic carbocycles. The molecule has 100 valence electrons. The topological polar surface area (TPSA) is 44.0 Å². The van der Waals surface area contributed by atoms with Gasteiger partial charge in [-0.25, -0.2) is 13.6 Å². The largest absolute Gasteiger partial charge is 0.331 e. The molecule has 0 unspecified atom stereocenters. The zero-order valence-corrected chi connectivity index (χ0v) is 12.0. The number of nitrogens with zero attached hydrogens (tertiary/aromatic N) is 2. The maximum absolute atomic E-state index is 13.5. The Morgan fingerprint density at radius 1 is 1.21 bits per heavy atom. The summed E-state index contributed by atoms with van der Waals surface area (Å²) < 4.78 is 29.4. The molecule has 0 saturated carbocycles. The van der Waals surface area contributed by atoms with E-state index >= 15 is 0 Å². The van der Waals surface area contributed by atoms with Gasteiger partial charge in [0.05, 0.1) is 10.1 Å². The SMILES string of the molecule is Cn1cc(I)c(=O)n(Cc2c(F)cccc2F)c1=O. The van der Waals surface area contributed by atoms with E-state index in [9.17, 15) is 18.4 Å². The van der Waals surface area contributed by atoms with Crippen LogP contribution in [0.2, 0.25) is 0 Å². The van der Waals surface area contributed by atoms with Crippen molar-refractivity contribution in [3.05, 3.63) is 66.0 Å². The van der Waals surface area contributed by atoms with E-state index in [0.29, 0.717) is 3.57 Å². The first kappa shape index (κ1) is 13.9. The predicted molar refractivity (Wildman–Crippen MR) is 74.1 cm³/mol. The van der Waals surface area contributed by atoms with Gasteiger partial charge in [0.15, 0.2) is 0 Å². The lowest BCUT2D eigenvalue weighted by Gasteiger charge is -2.09. The lowest BCUT2D eigenvalue weighted by atomic mass is 10.2. The van der Waals surface area contributed by atoms with Gasteiger partial charge < -0.3 is 4.57 Å². The molecule has 0 aliphatic heterocycles. The molecule has 4 nitrogen and oxygen atoms in total. The fourth-order valence-electron chi connectivity index (χ4n) is 1.67. The van der Waals surface area contributed by atoms with Gasteiger partial charge in [-0.15, -0.1) is 0 Å². The van der Waals surface area contributed by atoms with Crippen molar-refractivity contribution in [2.75, 3.05) is 0 Å². The van der Waals surface area contributed by atoms with Crippen molar-refractivity contribution < 1.29 is 8.78 Å². The van der Waals surface area contributed by atoms with E-state index < -0.39 is 29.4 Å². The summed E-state index contributed by atoms with van der Waals surface area (Å²) in [5.74, 6) is -1.57. The molecule has 0 bridgehead atoms. The summed E-state index contributed by atoms with van der Waals surface area (Å²) in [6.07, 6.45) is 1.37. The zero-order chi connectivity index (χ0) is 14.2. The second-order valence-electron chi connectivity index (χ2n) is 3.96. The fraction of sp³-hybridized carbons (Fsp3) is 0.167. The number of halogens is 3. The van der Waals surface area contributed by atoms with Crippen LogP contribution in [0.25, 0.3) is 0 Å². The Bertz CT molecular complexity index is 698. The molecule has 0 fully saturated rings. The molecule has 0 N–H and O–H groups in total. The highest BCUT2D eigenvalue weighted by Gasteiger charge is 2.14. The minimum Gasteiger partial charge on any atom is -0.302 e. The van der Waals surface area contributed by atoms with Gasteiger partial charge in [-0.3, -0.25) is 9.36 Å². The molecule has 0 spiro atoms. The first-order valence-corrected chi connectivity index (χ1v) is 6.38. The molecule has 19 heavy (non-hydrogen) atoms. The van der Waals surface area contributed by atoms with Crippen molar-refractivity contribution in [2.24, 2.45) is 7.05 Å². The fourth-order valence-corrected chi connectivity index (χ4v) is 2.38. The summed E-state index contributed by atoms with van der Waals surface area (Å²) in [6.45, 7) is -0.430. The molecule has 2 aromatic rings. The second-order valence-corrected chi connectivity index (χ2v) is 5.12. The Hall–Kier alpha value is -1.51. The Morgan fingerprint density at radius 2 is 1.79 bits per heavy atom. The van der Waals surface area contributed by atoms with Crippen molar-refractivity contribution in [1.82, 2.24) is 9.13 Å². The van der Waals surface area contributed by atoms with E-state index in [0.717, 1.165) is 16.7 Å². The van der Waals surface area contributed by atoms with Gasteiger partial charge in [0.1, 0.15) is 11.6 Å². The monoisotopic (exact) mass is 378 g/mol. The van der Waals surface area contributed by atoms with Gasteiger partial charge in [-0.1, -0.05) is 6.07 Å². The van der Waals surface area contributed by atoms with Crippen LogP contribution in [0, 0.1) is 15.2 Å². The number of hydrogen-bond acceptors (Lipinski definition) is 2. The third kappa shape index (κ3) is 2.60. The van der Waals surface area contributed by atoms with E-state index in [1.54, 1.807) is 22.6 Å². The standard InChI is InChI=1S/C12H9F2IN2O2/c1-16-6-10(15)11(18)17(12(16)19)5-7-8(13)3-2-4-9(7)14/h2-4,6H,5H2,1H3. The number of aryl methyl sites for hydroxylation is 1. The summed E-state index contributed by atoms with van der Waals surface area (Å²) in [5.41, 5.74) is -1.48. The zero-order valence-electron chi connectivity index (χ0n) is 9.86. The first-order chi connectivity index (χ1) is 8.91. The highest BCUT2D eigenvalue weighted by atomic mass is 127. The van der Waals surface area contributed by atoms with Gasteiger partial charge in [0.25, 0.3) is 5.56 Å². The predicted octanol–water partition coefficient (Wildman–Crippen LogP) is 1.48. The molecule has 2 rings (SSSR count). The second kappa shape index (κ2) is 5.24. The molecule has 0 aliphatic rings. The van der Waals surface area contributed by atoms with E-state index in [-0.39, 0.29) is 5.56 Å². The molecule has 7 heteroatoms. The van der Waals surface area contributed by atoms with Gasteiger partial charge in [0.2, 0.25) is 0 Å². The highest BCUT2D eigenvalue weighted by Crippen LogP contribution is 2.12. The molecule has 1 aromatic heterocycles. The molecule has 1 heterocycles. The summed E-state index contributed by atoms with van der Waals surface area (Å²) in [5, 5.41) is 0. The normalized spacial score (nSPS) is 10.7. The van der Waals surface area contributed by atoms with Crippen LogP contribution in [-0.2, 0) is 13.6 Å². The van der Waals surface area contributed by atoms with Crippen LogP contribution in [0.4, 0.5) is 8.78 Å². The van der Waals surface area contributed by atoms with Crippen molar-refractivity contribution in [2.45, 2.75) is 6.54 Å². The van der Waals surface area contributed by atoms with Crippen molar-refractivity contribution >= 4 is 22.6 Å². The molecule has 0 radical (unpaired) electrons. The summed E-state index contributed by atoms with van der Waals surface area (Å²) >= 11 is 1.77. The Kier molecular flexibility index (Phi) is 3.83. The Labute approximate surface area is 120 Å². The molecule has 1 aromatic carbocycles. The molecule has 0 amide bonds. The summed E-state index contributed by atoms with van der Waals surface area (Å²) in [7, 11) is 1.47. The Morgan fingerprint density at radius 3 is 2.37 bits per heavy atom. The molecular formula is C12H9F2IN2O2. The van der Waals surface area contributed by atoms with E-state index in [2.05, 4.69) is 0 Å². The highest BCUT2D eigenvalue weighted by molar-refractivity contribution is 14.1. The third-order valence-electron chi connectivity index (χ3n) is 2.67. The van der Waals surface area contributed by atoms with Crippen LogP contribution in [0.3, 0.4) is 0 Å². The van der Waals surface area contributed by atoms with Crippen molar-refractivity contribution in [3.63, 3.8) is 0 Å². The first-order valence-electron chi connectivity index (χ1n) is 5.30. The minimum atomic E-state index is -0.784. The third-order valence-corrected chi connectivity index (χ3v) is 3.41. The molecular weight excluding hydrogens is 369 g/mol. The van der Waals surface area contributed by atoms with Crippen LogP contribution in [0.5, 0.6) is 0 Å². The van der Waals surface area contributed by atoms with Crippen molar-refractivity contribution in [1.29, 1.82) is 0 Å². The molecule has 0 atom stereocenters. The van der Waals surface area contributed by atoms with Crippen LogP contribution in [0.1, 0.15) is 5.56 Å². The smallest absolute Gasteiger partial charge is 0.302 e. The number of aromatic nitrogens is 2. The van der Waals surface area contributed by atoms with E-state index in [4.69, 9.17) is 0 Å². The average Bonchev–Trinajstić information content (AvgIpc) is 2.35. The number of benzene rings is 1. The quantitative estimate of drug-likeness (QED) is 0.744. The lowest BCUT2D eigenvalue weighted by Crippen LogP contribution is -2.40. The van der Waals surface area contributed by atoms with Gasteiger partial charge in [-0.05, 0) is 34.7 Å². The van der Waals surface area contributed by atoms with Crippen LogP contribution in [0.15, 0.2) is 34.0 Å². The number of rotatable bonds is 2. The van der Waals surface area contributed by atoms with E-state index in [1.807, 2.05) is 0 Å². The average molecular weight is 378 g/mol. The molecule has 0 saturated heterocycles. The van der Waals surface area contributed by atoms with Crippen LogP contribution < -0.4 is 11.2 Å².